The summed E-state index contributed by atoms with van der Waals surface area (Å²) < 4.78 is 38.6. The van der Waals surface area contributed by atoms with Gasteiger partial charge in [0.05, 0.1) is 12.7 Å². The minimum absolute atomic E-state index is 0.0406. The van der Waals surface area contributed by atoms with E-state index < -0.39 is 10.0 Å². The molecule has 1 aromatic rings. The molecule has 0 saturated carbocycles. The number of likely N-dealkylation sites (N-methyl/N-ethyl adjacent to an activating group) is 1. The summed E-state index contributed by atoms with van der Waals surface area (Å²) in [4.78, 5) is 0.120. The number of nitrogens with zero attached hydrogens (tertiary/aromatic N) is 1. The van der Waals surface area contributed by atoms with Crippen molar-refractivity contribution in [3.05, 3.63) is 22.7 Å². The third-order valence-corrected chi connectivity index (χ3v) is 6.30. The molecule has 0 radical (unpaired) electrons. The number of hydrogen-bond acceptors (Lipinski definition) is 4. The molecule has 1 heterocycles. The van der Waals surface area contributed by atoms with Gasteiger partial charge in [-0.1, -0.05) is 18.5 Å². The number of rotatable bonds is 7. The van der Waals surface area contributed by atoms with Gasteiger partial charge in [-0.05, 0) is 44.4 Å². The van der Waals surface area contributed by atoms with Crippen molar-refractivity contribution in [2.45, 2.75) is 44.6 Å². The van der Waals surface area contributed by atoms with Gasteiger partial charge in [0.1, 0.15) is 10.6 Å². The van der Waals surface area contributed by atoms with Crippen LogP contribution in [-0.4, -0.2) is 45.1 Å². The van der Waals surface area contributed by atoms with Crippen LogP contribution in [0.3, 0.4) is 0 Å². The van der Waals surface area contributed by atoms with Crippen LogP contribution in [0.1, 0.15) is 32.3 Å². The monoisotopic (exact) mass is 361 g/mol. The highest BCUT2D eigenvalue weighted by Crippen LogP contribution is 2.33. The van der Waals surface area contributed by atoms with Crippen LogP contribution in [0.2, 0.25) is 5.02 Å². The quantitative estimate of drug-likeness (QED) is 0.748. The summed E-state index contributed by atoms with van der Waals surface area (Å²) >= 11 is 6.15. The highest BCUT2D eigenvalue weighted by molar-refractivity contribution is 7.89. The largest absolute Gasteiger partial charge is 0.492 e. The third kappa shape index (κ3) is 4.18. The molecule has 0 amide bonds. The molecule has 1 aliphatic rings. The van der Waals surface area contributed by atoms with Crippen molar-refractivity contribution in [3.8, 4) is 5.75 Å². The van der Waals surface area contributed by atoms with Crippen molar-refractivity contribution >= 4 is 21.6 Å². The van der Waals surface area contributed by atoms with Gasteiger partial charge < -0.3 is 9.47 Å². The molecule has 23 heavy (non-hydrogen) atoms. The van der Waals surface area contributed by atoms with Crippen LogP contribution in [0.5, 0.6) is 5.75 Å². The van der Waals surface area contributed by atoms with E-state index in [1.54, 1.807) is 6.07 Å². The maximum Gasteiger partial charge on any atom is 0.246 e. The molecule has 1 aliphatic heterocycles. The van der Waals surface area contributed by atoms with Crippen LogP contribution in [0.15, 0.2) is 17.0 Å². The third-order valence-electron chi connectivity index (χ3n) is 3.93. The number of halogens is 1. The summed E-state index contributed by atoms with van der Waals surface area (Å²) in [5, 5.41) is 0.417. The van der Waals surface area contributed by atoms with Crippen molar-refractivity contribution in [1.82, 2.24) is 4.31 Å². The molecule has 0 N–H and O–H groups in total. The van der Waals surface area contributed by atoms with Crippen molar-refractivity contribution < 1.29 is 17.9 Å². The molecule has 0 aliphatic carbocycles. The fourth-order valence-corrected chi connectivity index (χ4v) is 4.51. The topological polar surface area (TPSA) is 55.8 Å². The Hall–Kier alpha value is -0.820. The smallest absolute Gasteiger partial charge is 0.246 e. The molecule has 1 unspecified atom stereocenters. The van der Waals surface area contributed by atoms with Gasteiger partial charge in [-0.25, -0.2) is 8.42 Å². The maximum atomic E-state index is 13.0. The summed E-state index contributed by atoms with van der Waals surface area (Å²) in [5.41, 5.74) is 0.788. The molecule has 1 atom stereocenters. The van der Waals surface area contributed by atoms with E-state index in [-0.39, 0.29) is 11.0 Å². The number of ether oxygens (including phenoxy) is 2. The van der Waals surface area contributed by atoms with Gasteiger partial charge in [0, 0.05) is 24.7 Å². The molecular weight excluding hydrogens is 338 g/mol. The van der Waals surface area contributed by atoms with Crippen molar-refractivity contribution in [2.24, 2.45) is 0 Å². The van der Waals surface area contributed by atoms with Crippen LogP contribution < -0.4 is 4.74 Å². The minimum atomic E-state index is -3.69. The molecule has 130 valence electrons. The molecule has 0 aromatic heterocycles. The zero-order valence-electron chi connectivity index (χ0n) is 13.8. The Morgan fingerprint density at radius 2 is 2.13 bits per heavy atom. The van der Waals surface area contributed by atoms with E-state index >= 15 is 0 Å². The second-order valence-electron chi connectivity index (χ2n) is 5.57. The molecule has 0 bridgehead atoms. The lowest BCUT2D eigenvalue weighted by Crippen LogP contribution is -2.37. The second kappa shape index (κ2) is 7.83. The molecule has 1 aromatic carbocycles. The summed E-state index contributed by atoms with van der Waals surface area (Å²) in [6, 6.07) is 3.16. The molecular formula is C16H24ClNO4S. The maximum absolute atomic E-state index is 13.0. The summed E-state index contributed by atoms with van der Waals surface area (Å²) in [7, 11) is -3.69. The average Bonchev–Trinajstić information content (AvgIpc) is 3.01. The van der Waals surface area contributed by atoms with Crippen LogP contribution in [0.25, 0.3) is 0 Å². The summed E-state index contributed by atoms with van der Waals surface area (Å²) in [5.74, 6) is 0.347. The van der Waals surface area contributed by atoms with Gasteiger partial charge in [0.25, 0.3) is 0 Å². The van der Waals surface area contributed by atoms with Crippen molar-refractivity contribution in [3.63, 3.8) is 0 Å². The Morgan fingerprint density at radius 3 is 2.70 bits per heavy atom. The van der Waals surface area contributed by atoms with Gasteiger partial charge in [-0.15, -0.1) is 0 Å². The highest BCUT2D eigenvalue weighted by Gasteiger charge is 2.30. The van der Waals surface area contributed by atoms with Crippen LogP contribution in [0.4, 0.5) is 0 Å². The van der Waals surface area contributed by atoms with Gasteiger partial charge >= 0.3 is 0 Å². The first kappa shape index (κ1) is 18.5. The SMILES string of the molecule is CCOc1cc(C)c(Cl)cc1S(=O)(=O)N(CC)CC1CCCO1. The predicted octanol–water partition coefficient (Wildman–Crippen LogP) is 3.24. The number of aryl methyl sites for hydroxylation is 1. The fourth-order valence-electron chi connectivity index (χ4n) is 2.66. The van der Waals surface area contributed by atoms with E-state index in [0.29, 0.717) is 37.1 Å². The molecule has 2 rings (SSSR count). The van der Waals surface area contributed by atoms with Gasteiger partial charge in [-0.2, -0.15) is 4.31 Å². The Kier molecular flexibility index (Phi) is 6.31. The molecule has 0 spiro atoms. The average molecular weight is 362 g/mol. The first-order valence-electron chi connectivity index (χ1n) is 7.94. The van der Waals surface area contributed by atoms with Crippen LogP contribution in [0, 0.1) is 6.92 Å². The number of hydrogen-bond donors (Lipinski definition) is 0. The summed E-state index contributed by atoms with van der Waals surface area (Å²) in [6.07, 6.45) is 1.82. The number of sulfonamides is 1. The van der Waals surface area contributed by atoms with Crippen LogP contribution >= 0.6 is 11.6 Å². The second-order valence-corrected chi connectivity index (χ2v) is 7.89. The van der Waals surface area contributed by atoms with Gasteiger partial charge in [-0.3, -0.25) is 0 Å². The molecule has 5 nitrogen and oxygen atoms in total. The zero-order valence-corrected chi connectivity index (χ0v) is 15.4. The van der Waals surface area contributed by atoms with E-state index in [2.05, 4.69) is 0 Å². The van der Waals surface area contributed by atoms with E-state index in [0.717, 1.165) is 18.4 Å². The molecule has 1 fully saturated rings. The summed E-state index contributed by atoms with van der Waals surface area (Å²) in [6.45, 7) is 7.29. The fraction of sp³-hybridized carbons (Fsp3) is 0.625. The Morgan fingerprint density at radius 1 is 1.39 bits per heavy atom. The highest BCUT2D eigenvalue weighted by atomic mass is 35.5. The Bertz CT molecular complexity index is 642. The predicted molar refractivity (Wildman–Crippen MR) is 90.8 cm³/mol. The number of benzene rings is 1. The first-order valence-corrected chi connectivity index (χ1v) is 9.76. The standard InChI is InChI=1S/C16H24ClNO4S/c1-4-18(11-13-7-6-8-22-13)23(19,20)16-10-14(17)12(3)9-15(16)21-5-2/h9-10,13H,4-8,11H2,1-3H3. The Balaban J connectivity index is 2.37. The van der Waals surface area contributed by atoms with E-state index in [9.17, 15) is 8.42 Å². The van der Waals surface area contributed by atoms with Crippen LogP contribution in [-0.2, 0) is 14.8 Å². The van der Waals surface area contributed by atoms with E-state index in [1.165, 1.54) is 10.4 Å². The van der Waals surface area contributed by atoms with Crippen molar-refractivity contribution in [2.75, 3.05) is 26.3 Å². The van der Waals surface area contributed by atoms with Crippen molar-refractivity contribution in [1.29, 1.82) is 0 Å². The zero-order chi connectivity index (χ0) is 17.0. The molecule has 7 heteroatoms. The lowest BCUT2D eigenvalue weighted by molar-refractivity contribution is 0.0946. The first-order chi connectivity index (χ1) is 10.9. The minimum Gasteiger partial charge on any atom is -0.492 e. The lowest BCUT2D eigenvalue weighted by Gasteiger charge is -2.24. The van der Waals surface area contributed by atoms with E-state index in [4.69, 9.17) is 21.1 Å². The normalized spacial score (nSPS) is 18.6. The van der Waals surface area contributed by atoms with E-state index in [1.807, 2.05) is 20.8 Å². The Labute approximate surface area is 143 Å². The molecule has 1 saturated heterocycles. The lowest BCUT2D eigenvalue weighted by atomic mass is 10.2. The van der Waals surface area contributed by atoms with Gasteiger partial charge in [0.2, 0.25) is 10.0 Å². The van der Waals surface area contributed by atoms with Gasteiger partial charge in [0.15, 0.2) is 0 Å².